The smallest absolute Gasteiger partial charge is 0.0615 e. The average molecular weight is 286 g/mol. The number of methoxy groups -OCH3 is 2. The van der Waals surface area contributed by atoms with Gasteiger partial charge in [-0.15, -0.1) is 0 Å². The average Bonchev–Trinajstić information content (AvgIpc) is 2.44. The Bertz CT molecular complexity index is 253. The molecule has 0 aromatic rings. The molecule has 4 nitrogen and oxygen atoms in total. The molecule has 0 spiro atoms. The Balaban J connectivity index is 2.60. The van der Waals surface area contributed by atoms with Crippen molar-refractivity contribution < 1.29 is 9.47 Å². The molecule has 0 radical (unpaired) electrons. The third kappa shape index (κ3) is 5.68. The highest BCUT2D eigenvalue weighted by molar-refractivity contribution is 4.86. The zero-order valence-corrected chi connectivity index (χ0v) is 14.1. The van der Waals surface area contributed by atoms with Crippen LogP contribution in [0.15, 0.2) is 0 Å². The van der Waals surface area contributed by atoms with Crippen LogP contribution in [0.4, 0.5) is 0 Å². The summed E-state index contributed by atoms with van der Waals surface area (Å²) in [6, 6.07) is 0.436. The Hall–Kier alpha value is -0.160. The summed E-state index contributed by atoms with van der Waals surface area (Å²) in [5, 5.41) is 3.54. The van der Waals surface area contributed by atoms with Gasteiger partial charge in [-0.05, 0) is 44.2 Å². The molecule has 4 heteroatoms. The van der Waals surface area contributed by atoms with Gasteiger partial charge in [0.1, 0.15) is 0 Å². The van der Waals surface area contributed by atoms with Crippen LogP contribution in [0.3, 0.4) is 0 Å². The lowest BCUT2D eigenvalue weighted by Crippen LogP contribution is -2.48. The van der Waals surface area contributed by atoms with E-state index in [1.54, 1.807) is 14.2 Å². The first-order chi connectivity index (χ1) is 9.51. The number of hydrogen-bond donors (Lipinski definition) is 1. The van der Waals surface area contributed by atoms with Crippen LogP contribution in [0.25, 0.3) is 0 Å². The van der Waals surface area contributed by atoms with Crippen molar-refractivity contribution in [3.05, 3.63) is 0 Å². The highest BCUT2D eigenvalue weighted by Gasteiger charge is 2.33. The molecule has 1 saturated heterocycles. The fourth-order valence-corrected chi connectivity index (χ4v) is 3.18. The van der Waals surface area contributed by atoms with Crippen molar-refractivity contribution >= 4 is 0 Å². The number of nitrogens with zero attached hydrogens (tertiary/aromatic N) is 1. The topological polar surface area (TPSA) is 33.7 Å². The van der Waals surface area contributed by atoms with E-state index in [-0.39, 0.29) is 0 Å². The standard InChI is InChI=1S/C16H34N2O2/c1-14(12-20-5)18(9-10-19-4)13-16(2,3)15-7-6-8-17-11-15/h14-15,17H,6-13H2,1-5H3. The van der Waals surface area contributed by atoms with E-state index in [1.807, 2.05) is 0 Å². The number of hydrogen-bond acceptors (Lipinski definition) is 4. The van der Waals surface area contributed by atoms with Crippen LogP contribution in [0.1, 0.15) is 33.6 Å². The Morgan fingerprint density at radius 3 is 2.60 bits per heavy atom. The van der Waals surface area contributed by atoms with Crippen molar-refractivity contribution in [3.63, 3.8) is 0 Å². The lowest BCUT2D eigenvalue weighted by Gasteiger charge is -2.42. The van der Waals surface area contributed by atoms with Gasteiger partial charge in [0.2, 0.25) is 0 Å². The molecule has 0 saturated carbocycles. The number of nitrogens with one attached hydrogen (secondary N) is 1. The first-order valence-corrected chi connectivity index (χ1v) is 7.94. The van der Waals surface area contributed by atoms with Crippen LogP contribution in [0.2, 0.25) is 0 Å². The van der Waals surface area contributed by atoms with Crippen molar-refractivity contribution in [1.82, 2.24) is 10.2 Å². The zero-order valence-electron chi connectivity index (χ0n) is 14.1. The molecule has 0 aliphatic carbocycles. The summed E-state index contributed by atoms with van der Waals surface area (Å²) < 4.78 is 10.6. The molecule has 1 aliphatic rings. The van der Waals surface area contributed by atoms with Gasteiger partial charge in [0.15, 0.2) is 0 Å². The summed E-state index contributed by atoms with van der Waals surface area (Å²) in [4.78, 5) is 2.52. The van der Waals surface area contributed by atoms with Gasteiger partial charge in [-0.1, -0.05) is 13.8 Å². The number of ether oxygens (including phenoxy) is 2. The lowest BCUT2D eigenvalue weighted by molar-refractivity contribution is 0.0299. The van der Waals surface area contributed by atoms with Gasteiger partial charge in [0, 0.05) is 33.4 Å². The second kappa shape index (κ2) is 8.98. The van der Waals surface area contributed by atoms with Gasteiger partial charge >= 0.3 is 0 Å². The van der Waals surface area contributed by atoms with Gasteiger partial charge in [0.25, 0.3) is 0 Å². The maximum Gasteiger partial charge on any atom is 0.0615 e. The quantitative estimate of drug-likeness (QED) is 0.703. The van der Waals surface area contributed by atoms with Crippen LogP contribution < -0.4 is 5.32 Å². The molecule has 1 rings (SSSR count). The Morgan fingerprint density at radius 1 is 1.30 bits per heavy atom. The van der Waals surface area contributed by atoms with Crippen LogP contribution in [0, 0.1) is 11.3 Å². The highest BCUT2D eigenvalue weighted by Crippen LogP contribution is 2.33. The maximum atomic E-state index is 5.33. The monoisotopic (exact) mass is 286 g/mol. The lowest BCUT2D eigenvalue weighted by atomic mass is 9.74. The minimum atomic E-state index is 0.323. The van der Waals surface area contributed by atoms with Crippen LogP contribution in [-0.4, -0.2) is 64.6 Å². The van der Waals surface area contributed by atoms with E-state index in [0.717, 1.165) is 38.8 Å². The first kappa shape index (κ1) is 17.9. The predicted molar refractivity (Wildman–Crippen MR) is 84.2 cm³/mol. The molecule has 120 valence electrons. The highest BCUT2D eigenvalue weighted by atomic mass is 16.5. The second-order valence-corrected chi connectivity index (χ2v) is 6.80. The molecule has 0 amide bonds. The minimum Gasteiger partial charge on any atom is -0.383 e. The van der Waals surface area contributed by atoms with E-state index in [9.17, 15) is 0 Å². The van der Waals surface area contributed by atoms with Gasteiger partial charge in [-0.2, -0.15) is 0 Å². The molecular formula is C16H34N2O2. The van der Waals surface area contributed by atoms with E-state index < -0.39 is 0 Å². The van der Waals surface area contributed by atoms with Gasteiger partial charge in [-0.3, -0.25) is 4.90 Å². The van der Waals surface area contributed by atoms with Crippen molar-refractivity contribution in [2.75, 3.05) is 53.6 Å². The van der Waals surface area contributed by atoms with Crippen LogP contribution in [0.5, 0.6) is 0 Å². The van der Waals surface area contributed by atoms with Crippen molar-refractivity contribution in [3.8, 4) is 0 Å². The van der Waals surface area contributed by atoms with Gasteiger partial charge in [0.05, 0.1) is 13.2 Å². The maximum absolute atomic E-state index is 5.33. The van der Waals surface area contributed by atoms with E-state index in [2.05, 4.69) is 31.0 Å². The molecule has 1 N–H and O–H groups in total. The Kier molecular flexibility index (Phi) is 8.03. The fraction of sp³-hybridized carbons (Fsp3) is 1.00. The molecule has 2 atom stereocenters. The Labute approximate surface area is 125 Å². The molecule has 1 aliphatic heterocycles. The predicted octanol–water partition coefficient (Wildman–Crippen LogP) is 2.00. The van der Waals surface area contributed by atoms with Gasteiger partial charge in [-0.25, -0.2) is 0 Å². The molecule has 1 heterocycles. The van der Waals surface area contributed by atoms with E-state index >= 15 is 0 Å². The minimum absolute atomic E-state index is 0.323. The first-order valence-electron chi connectivity index (χ1n) is 7.94. The summed E-state index contributed by atoms with van der Waals surface area (Å²) in [6.07, 6.45) is 2.65. The summed E-state index contributed by atoms with van der Waals surface area (Å²) >= 11 is 0. The number of rotatable bonds is 9. The molecule has 0 bridgehead atoms. The summed E-state index contributed by atoms with van der Waals surface area (Å²) in [6.45, 7) is 13.0. The summed E-state index contributed by atoms with van der Waals surface area (Å²) in [7, 11) is 3.55. The normalized spacial score (nSPS) is 22.2. The summed E-state index contributed by atoms with van der Waals surface area (Å²) in [5.41, 5.74) is 0.323. The van der Waals surface area contributed by atoms with Gasteiger partial charge < -0.3 is 14.8 Å². The van der Waals surface area contributed by atoms with Crippen LogP contribution >= 0.6 is 0 Å². The SMILES string of the molecule is COCCN(CC(C)(C)C1CCCNC1)C(C)COC. The molecule has 0 aromatic carbocycles. The van der Waals surface area contributed by atoms with E-state index in [4.69, 9.17) is 9.47 Å². The molecule has 1 fully saturated rings. The molecule has 20 heavy (non-hydrogen) atoms. The van der Waals surface area contributed by atoms with Crippen molar-refractivity contribution in [2.24, 2.45) is 11.3 Å². The third-order valence-corrected chi connectivity index (χ3v) is 4.63. The fourth-order valence-electron chi connectivity index (χ4n) is 3.18. The van der Waals surface area contributed by atoms with Crippen molar-refractivity contribution in [2.45, 2.75) is 39.7 Å². The number of piperidine rings is 1. The van der Waals surface area contributed by atoms with Crippen molar-refractivity contribution in [1.29, 1.82) is 0 Å². The summed E-state index contributed by atoms with van der Waals surface area (Å²) in [5.74, 6) is 0.760. The third-order valence-electron chi connectivity index (χ3n) is 4.63. The molecule has 2 unspecified atom stereocenters. The molecular weight excluding hydrogens is 252 g/mol. The molecule has 0 aromatic heterocycles. The Morgan fingerprint density at radius 2 is 2.05 bits per heavy atom. The van der Waals surface area contributed by atoms with E-state index in [0.29, 0.717) is 11.5 Å². The largest absolute Gasteiger partial charge is 0.383 e. The second-order valence-electron chi connectivity index (χ2n) is 6.80. The van der Waals surface area contributed by atoms with E-state index in [1.165, 1.54) is 19.4 Å². The zero-order chi connectivity index (χ0) is 15.0. The van der Waals surface area contributed by atoms with Crippen LogP contribution in [-0.2, 0) is 9.47 Å².